The average Bonchev–Trinajstić information content (AvgIpc) is 2.38. The van der Waals surface area contributed by atoms with Crippen LogP contribution in [0.25, 0.3) is 0 Å². The van der Waals surface area contributed by atoms with Gasteiger partial charge in [0.25, 0.3) is 0 Å². The third-order valence-electron chi connectivity index (χ3n) is 4.80. The van der Waals surface area contributed by atoms with Crippen molar-refractivity contribution in [3.8, 4) is 0 Å². The lowest BCUT2D eigenvalue weighted by Crippen LogP contribution is -2.60. The van der Waals surface area contributed by atoms with Crippen LogP contribution in [0.1, 0.15) is 51.2 Å². The highest BCUT2D eigenvalue weighted by Crippen LogP contribution is 2.38. The summed E-state index contributed by atoms with van der Waals surface area (Å²) in [5.74, 6) is 0.572. The monoisotopic (exact) mass is 277 g/mol. The van der Waals surface area contributed by atoms with Gasteiger partial charge in [0, 0.05) is 11.6 Å². The lowest BCUT2D eigenvalue weighted by molar-refractivity contribution is -0.0768. The van der Waals surface area contributed by atoms with Crippen LogP contribution < -0.4 is 5.32 Å². The summed E-state index contributed by atoms with van der Waals surface area (Å²) in [5.41, 5.74) is 1.07. The lowest BCUT2D eigenvalue weighted by atomic mass is 9.75. The molecule has 1 saturated carbocycles. The molecule has 0 bridgehead atoms. The minimum absolute atomic E-state index is 0.0476. The maximum Gasteiger partial charge on any atom is 0.123 e. The molecule has 1 saturated heterocycles. The Morgan fingerprint density at radius 3 is 2.90 bits per heavy atom. The maximum absolute atomic E-state index is 13.4. The molecule has 1 aliphatic carbocycles. The van der Waals surface area contributed by atoms with Gasteiger partial charge in [-0.2, -0.15) is 0 Å². The minimum atomic E-state index is -0.190. The van der Waals surface area contributed by atoms with Gasteiger partial charge in [-0.25, -0.2) is 4.39 Å². The summed E-state index contributed by atoms with van der Waals surface area (Å²) in [7, 11) is 0. The van der Waals surface area contributed by atoms with Gasteiger partial charge < -0.3 is 10.1 Å². The topological polar surface area (TPSA) is 21.3 Å². The van der Waals surface area contributed by atoms with Crippen LogP contribution in [-0.4, -0.2) is 18.2 Å². The second-order valence-corrected chi connectivity index (χ2v) is 6.70. The Labute approximate surface area is 120 Å². The molecule has 1 aliphatic heterocycles. The first-order chi connectivity index (χ1) is 9.58. The van der Waals surface area contributed by atoms with Gasteiger partial charge in [0.1, 0.15) is 5.82 Å². The van der Waals surface area contributed by atoms with Crippen LogP contribution in [0.5, 0.6) is 0 Å². The molecule has 1 aromatic carbocycles. The van der Waals surface area contributed by atoms with Crippen LogP contribution in [0.3, 0.4) is 0 Å². The third-order valence-corrected chi connectivity index (χ3v) is 4.80. The molecule has 1 heterocycles. The van der Waals surface area contributed by atoms with Crippen LogP contribution in [0.4, 0.5) is 4.39 Å². The molecule has 1 N–H and O–H groups in total. The number of hydrogen-bond acceptors (Lipinski definition) is 2. The Balaban J connectivity index is 1.74. The van der Waals surface area contributed by atoms with Crippen molar-refractivity contribution < 1.29 is 9.13 Å². The average molecular weight is 277 g/mol. The van der Waals surface area contributed by atoms with Gasteiger partial charge in [0.2, 0.25) is 0 Å². The van der Waals surface area contributed by atoms with Crippen LogP contribution in [-0.2, 0) is 4.74 Å². The van der Waals surface area contributed by atoms with Gasteiger partial charge in [0.05, 0.1) is 12.7 Å². The van der Waals surface area contributed by atoms with Crippen molar-refractivity contribution in [2.45, 2.75) is 57.2 Å². The van der Waals surface area contributed by atoms with Crippen molar-refractivity contribution in [3.05, 3.63) is 35.6 Å². The van der Waals surface area contributed by atoms with E-state index < -0.39 is 0 Å². The predicted octanol–water partition coefficient (Wildman–Crippen LogP) is 3.82. The molecule has 4 atom stereocenters. The molecule has 2 fully saturated rings. The van der Waals surface area contributed by atoms with E-state index in [9.17, 15) is 4.39 Å². The minimum Gasteiger partial charge on any atom is -0.370 e. The molecule has 1 aromatic rings. The molecule has 0 aromatic heterocycles. The molecule has 3 heteroatoms. The Bertz CT molecular complexity index is 478. The first-order valence-corrected chi connectivity index (χ1v) is 7.73. The summed E-state index contributed by atoms with van der Waals surface area (Å²) in [5, 5.41) is 3.78. The molecule has 2 nitrogen and oxygen atoms in total. The fraction of sp³-hybridized carbons (Fsp3) is 0.647. The van der Waals surface area contributed by atoms with Gasteiger partial charge in [-0.15, -0.1) is 0 Å². The molecular formula is C17H24FNO. The van der Waals surface area contributed by atoms with Crippen LogP contribution in [0.2, 0.25) is 0 Å². The van der Waals surface area contributed by atoms with Crippen LogP contribution >= 0.6 is 0 Å². The summed E-state index contributed by atoms with van der Waals surface area (Å²) in [6, 6.07) is 7.00. The van der Waals surface area contributed by atoms with Gasteiger partial charge in [-0.05, 0) is 43.4 Å². The van der Waals surface area contributed by atoms with Crippen molar-refractivity contribution in [1.29, 1.82) is 0 Å². The van der Waals surface area contributed by atoms with Crippen molar-refractivity contribution in [3.63, 3.8) is 0 Å². The zero-order valence-corrected chi connectivity index (χ0v) is 12.4. The third kappa shape index (κ3) is 2.75. The van der Waals surface area contributed by atoms with E-state index in [0.29, 0.717) is 0 Å². The van der Waals surface area contributed by atoms with Gasteiger partial charge in [-0.3, -0.25) is 0 Å². The number of rotatable bonds is 1. The van der Waals surface area contributed by atoms with E-state index in [4.69, 9.17) is 4.74 Å². The second kappa shape index (κ2) is 5.45. The van der Waals surface area contributed by atoms with Crippen LogP contribution in [0.15, 0.2) is 24.3 Å². The molecular weight excluding hydrogens is 253 g/mol. The van der Waals surface area contributed by atoms with Gasteiger partial charge in [-0.1, -0.05) is 31.9 Å². The quantitative estimate of drug-likeness (QED) is 0.842. The first-order valence-electron chi connectivity index (χ1n) is 7.73. The molecule has 2 aliphatic rings. The molecule has 0 amide bonds. The summed E-state index contributed by atoms with van der Waals surface area (Å²) >= 11 is 0. The lowest BCUT2D eigenvalue weighted by Gasteiger charge is -2.48. The van der Waals surface area contributed by atoms with E-state index in [1.807, 2.05) is 6.07 Å². The van der Waals surface area contributed by atoms with Gasteiger partial charge in [0.15, 0.2) is 0 Å². The summed E-state index contributed by atoms with van der Waals surface area (Å²) in [6.45, 7) is 5.21. The van der Waals surface area contributed by atoms with E-state index in [1.54, 1.807) is 12.1 Å². The first kappa shape index (κ1) is 14.0. The Kier molecular flexibility index (Phi) is 3.83. The van der Waals surface area contributed by atoms with Gasteiger partial charge >= 0.3 is 0 Å². The number of benzene rings is 1. The summed E-state index contributed by atoms with van der Waals surface area (Å²) < 4.78 is 19.5. The van der Waals surface area contributed by atoms with E-state index in [1.165, 1.54) is 31.7 Å². The normalized spacial score (nSPS) is 38.0. The Morgan fingerprint density at radius 2 is 2.20 bits per heavy atom. The molecule has 1 spiro atoms. The summed E-state index contributed by atoms with van der Waals surface area (Å²) in [4.78, 5) is 0. The highest BCUT2D eigenvalue weighted by Gasteiger charge is 2.42. The molecule has 110 valence electrons. The predicted molar refractivity (Wildman–Crippen MR) is 78.1 cm³/mol. The number of halogens is 1. The van der Waals surface area contributed by atoms with Crippen molar-refractivity contribution in [2.75, 3.05) is 6.61 Å². The van der Waals surface area contributed by atoms with E-state index >= 15 is 0 Å². The van der Waals surface area contributed by atoms with Crippen molar-refractivity contribution in [2.24, 2.45) is 5.92 Å². The molecule has 4 unspecified atom stereocenters. The molecule has 20 heavy (non-hydrogen) atoms. The number of morpholine rings is 1. The Morgan fingerprint density at radius 1 is 1.35 bits per heavy atom. The smallest absolute Gasteiger partial charge is 0.123 e. The van der Waals surface area contributed by atoms with E-state index in [0.717, 1.165) is 18.1 Å². The van der Waals surface area contributed by atoms with Crippen LogP contribution in [0, 0.1) is 11.7 Å². The Hall–Kier alpha value is -0.930. The summed E-state index contributed by atoms with van der Waals surface area (Å²) in [6.07, 6.45) is 4.93. The zero-order chi connectivity index (χ0) is 14.2. The molecule has 3 rings (SSSR count). The maximum atomic E-state index is 13.4. The number of nitrogens with one attached hydrogen (secondary N) is 1. The number of ether oxygens (including phenoxy) is 1. The largest absolute Gasteiger partial charge is 0.370 e. The number of hydrogen-bond donors (Lipinski definition) is 1. The molecule has 0 radical (unpaired) electrons. The fourth-order valence-electron chi connectivity index (χ4n) is 3.98. The standard InChI is InChI=1S/C17H24FNO/c1-12-5-4-8-17(10-12)11-20-16(13(2)19-17)14-6-3-7-15(18)9-14/h3,6-7,9,12-13,16,19H,4-5,8,10-11H2,1-2H3. The SMILES string of the molecule is CC1CCCC2(COC(c3cccc(F)c3)C(C)N2)C1. The zero-order valence-electron chi connectivity index (χ0n) is 12.4. The van der Waals surface area contributed by atoms with E-state index in [-0.39, 0.29) is 23.5 Å². The van der Waals surface area contributed by atoms with E-state index in [2.05, 4.69) is 19.2 Å². The second-order valence-electron chi connectivity index (χ2n) is 6.70. The highest BCUT2D eigenvalue weighted by atomic mass is 19.1. The van der Waals surface area contributed by atoms with Crippen molar-refractivity contribution in [1.82, 2.24) is 5.32 Å². The van der Waals surface area contributed by atoms with Crippen molar-refractivity contribution >= 4 is 0 Å². The highest BCUT2D eigenvalue weighted by molar-refractivity contribution is 5.21. The fourth-order valence-corrected chi connectivity index (χ4v) is 3.98.